The molecular formula is C17H27ClN4O2S2. The third kappa shape index (κ3) is 6.98. The van der Waals surface area contributed by atoms with E-state index in [9.17, 15) is 8.42 Å². The van der Waals surface area contributed by atoms with E-state index in [4.69, 9.17) is 11.6 Å². The number of halogens is 1. The number of hydrogen-bond acceptors (Lipinski definition) is 4. The first-order valence-electron chi connectivity index (χ1n) is 8.84. The molecule has 0 radical (unpaired) electrons. The Labute approximate surface area is 165 Å². The standard InChI is InChI=1S/C17H27ClN4O2S2/c1-2-19-17(20-8-7-15-5-3-4-6-16(15)18)21-9-14-26(23,24)22-10-12-25-13-11-22/h3-6H,2,7-14H2,1H3,(H2,19,20,21). The SMILES string of the molecule is CCNC(=NCCS(=O)(=O)N1CCSCC1)NCCc1ccccc1Cl. The van der Waals surface area contributed by atoms with E-state index in [1.165, 1.54) is 0 Å². The Morgan fingerprint density at radius 2 is 2.00 bits per heavy atom. The van der Waals surface area contributed by atoms with Crippen molar-refractivity contribution in [3.05, 3.63) is 34.9 Å². The number of guanidine groups is 1. The van der Waals surface area contributed by atoms with Crippen molar-refractivity contribution in [3.8, 4) is 0 Å². The minimum Gasteiger partial charge on any atom is -0.357 e. The van der Waals surface area contributed by atoms with Crippen molar-refractivity contribution in [2.24, 2.45) is 4.99 Å². The van der Waals surface area contributed by atoms with Crippen molar-refractivity contribution >= 4 is 39.3 Å². The lowest BCUT2D eigenvalue weighted by molar-refractivity contribution is 0.444. The predicted molar refractivity (Wildman–Crippen MR) is 112 cm³/mol. The maximum Gasteiger partial charge on any atom is 0.215 e. The second-order valence-corrected chi connectivity index (χ2v) is 9.58. The molecular weight excluding hydrogens is 392 g/mol. The van der Waals surface area contributed by atoms with Crippen molar-refractivity contribution < 1.29 is 8.42 Å². The molecule has 0 spiro atoms. The summed E-state index contributed by atoms with van der Waals surface area (Å²) in [5, 5.41) is 7.13. The summed E-state index contributed by atoms with van der Waals surface area (Å²) in [5.74, 6) is 2.41. The van der Waals surface area contributed by atoms with Crippen LogP contribution < -0.4 is 10.6 Å². The second kappa shape index (κ2) is 11.0. The topological polar surface area (TPSA) is 73.8 Å². The van der Waals surface area contributed by atoms with Crippen LogP contribution in [0.3, 0.4) is 0 Å². The summed E-state index contributed by atoms with van der Waals surface area (Å²) >= 11 is 7.96. The Bertz CT molecular complexity index is 692. The first-order valence-corrected chi connectivity index (χ1v) is 12.0. The molecule has 1 heterocycles. The highest BCUT2D eigenvalue weighted by molar-refractivity contribution is 7.99. The number of hydrogen-bond donors (Lipinski definition) is 2. The number of rotatable bonds is 8. The Kier molecular flexibility index (Phi) is 9.04. The van der Waals surface area contributed by atoms with Gasteiger partial charge in [0.1, 0.15) is 0 Å². The van der Waals surface area contributed by atoms with E-state index in [1.54, 1.807) is 16.1 Å². The van der Waals surface area contributed by atoms with Gasteiger partial charge in [-0.25, -0.2) is 12.7 Å². The Morgan fingerprint density at radius 1 is 1.27 bits per heavy atom. The zero-order chi connectivity index (χ0) is 18.8. The largest absolute Gasteiger partial charge is 0.357 e. The number of sulfonamides is 1. The van der Waals surface area contributed by atoms with Crippen LogP contribution in [0.5, 0.6) is 0 Å². The highest BCUT2D eigenvalue weighted by atomic mass is 35.5. The fourth-order valence-corrected chi connectivity index (χ4v) is 5.27. The molecule has 1 aliphatic heterocycles. The van der Waals surface area contributed by atoms with E-state index in [2.05, 4.69) is 15.6 Å². The maximum absolute atomic E-state index is 12.4. The predicted octanol–water partition coefficient (Wildman–Crippen LogP) is 1.82. The Morgan fingerprint density at radius 3 is 2.69 bits per heavy atom. The Balaban J connectivity index is 1.82. The van der Waals surface area contributed by atoms with Gasteiger partial charge in [0.2, 0.25) is 10.0 Å². The average Bonchev–Trinajstić information content (AvgIpc) is 2.64. The summed E-state index contributed by atoms with van der Waals surface area (Å²) < 4.78 is 26.3. The molecule has 0 bridgehead atoms. The number of thioether (sulfide) groups is 1. The van der Waals surface area contributed by atoms with Gasteiger partial charge in [0.15, 0.2) is 5.96 Å². The van der Waals surface area contributed by atoms with Gasteiger partial charge >= 0.3 is 0 Å². The number of nitrogens with one attached hydrogen (secondary N) is 2. The van der Waals surface area contributed by atoms with Crippen LogP contribution in [0.2, 0.25) is 5.02 Å². The molecule has 6 nitrogen and oxygen atoms in total. The molecule has 0 saturated carbocycles. The van der Waals surface area contributed by atoms with Crippen molar-refractivity contribution in [1.82, 2.24) is 14.9 Å². The minimum atomic E-state index is -3.22. The molecule has 2 N–H and O–H groups in total. The van der Waals surface area contributed by atoms with E-state index in [0.717, 1.165) is 28.5 Å². The number of benzene rings is 1. The molecule has 0 aromatic heterocycles. The third-order valence-corrected chi connectivity index (χ3v) is 7.13. The lowest BCUT2D eigenvalue weighted by atomic mass is 10.1. The van der Waals surface area contributed by atoms with E-state index < -0.39 is 10.0 Å². The van der Waals surface area contributed by atoms with Crippen molar-refractivity contribution in [3.63, 3.8) is 0 Å². The highest BCUT2D eigenvalue weighted by Gasteiger charge is 2.23. The van der Waals surface area contributed by atoms with Crippen LogP contribution in [0.1, 0.15) is 12.5 Å². The molecule has 0 amide bonds. The minimum absolute atomic E-state index is 0.0404. The highest BCUT2D eigenvalue weighted by Crippen LogP contribution is 2.15. The molecule has 1 fully saturated rings. The second-order valence-electron chi connectivity index (χ2n) is 5.86. The molecule has 2 rings (SSSR count). The van der Waals surface area contributed by atoms with Crippen LogP contribution in [0, 0.1) is 0 Å². The van der Waals surface area contributed by atoms with Gasteiger partial charge in [0, 0.05) is 42.7 Å². The summed E-state index contributed by atoms with van der Waals surface area (Å²) in [6.07, 6.45) is 0.772. The third-order valence-electron chi connectivity index (χ3n) is 3.97. The summed E-state index contributed by atoms with van der Waals surface area (Å²) in [4.78, 5) is 4.40. The normalized spacial score (nSPS) is 16.5. The van der Waals surface area contributed by atoms with E-state index in [1.807, 2.05) is 31.2 Å². The lowest BCUT2D eigenvalue weighted by Crippen LogP contribution is -2.41. The van der Waals surface area contributed by atoms with Crippen molar-refractivity contribution in [2.45, 2.75) is 13.3 Å². The number of nitrogens with zero attached hydrogens (tertiary/aromatic N) is 2. The van der Waals surface area contributed by atoms with Gasteiger partial charge in [-0.15, -0.1) is 0 Å². The van der Waals surface area contributed by atoms with Gasteiger partial charge in [-0.2, -0.15) is 11.8 Å². The molecule has 1 aromatic carbocycles. The smallest absolute Gasteiger partial charge is 0.215 e. The Hall–Kier alpha value is -0.960. The van der Waals surface area contributed by atoms with E-state index >= 15 is 0 Å². The molecule has 26 heavy (non-hydrogen) atoms. The molecule has 9 heteroatoms. The molecule has 1 saturated heterocycles. The first-order chi connectivity index (χ1) is 12.5. The van der Waals surface area contributed by atoms with Gasteiger partial charge in [-0.3, -0.25) is 4.99 Å². The molecule has 1 aromatic rings. The van der Waals surface area contributed by atoms with Gasteiger partial charge in [-0.05, 0) is 25.0 Å². The molecule has 146 valence electrons. The monoisotopic (exact) mass is 418 g/mol. The van der Waals surface area contributed by atoms with Crippen molar-refractivity contribution in [1.29, 1.82) is 0 Å². The summed E-state index contributed by atoms with van der Waals surface area (Å²) in [7, 11) is -3.22. The average molecular weight is 419 g/mol. The summed E-state index contributed by atoms with van der Waals surface area (Å²) in [5.41, 5.74) is 1.07. The van der Waals surface area contributed by atoms with Gasteiger partial charge in [0.25, 0.3) is 0 Å². The number of aliphatic imine (C=N–C) groups is 1. The van der Waals surface area contributed by atoms with Crippen LogP contribution in [-0.2, 0) is 16.4 Å². The van der Waals surface area contributed by atoms with Gasteiger partial charge in [0.05, 0.1) is 12.3 Å². The fourth-order valence-electron chi connectivity index (χ4n) is 2.59. The van der Waals surface area contributed by atoms with Crippen LogP contribution in [0.15, 0.2) is 29.3 Å². The van der Waals surface area contributed by atoms with E-state index in [0.29, 0.717) is 32.1 Å². The van der Waals surface area contributed by atoms with E-state index in [-0.39, 0.29) is 12.3 Å². The van der Waals surface area contributed by atoms with Gasteiger partial charge in [-0.1, -0.05) is 29.8 Å². The first kappa shape index (κ1) is 21.3. The summed E-state index contributed by atoms with van der Waals surface area (Å²) in [6, 6.07) is 7.74. The van der Waals surface area contributed by atoms with Crippen molar-refractivity contribution in [2.75, 3.05) is 50.0 Å². The molecule has 0 atom stereocenters. The molecule has 0 aliphatic carbocycles. The quantitative estimate of drug-likeness (QED) is 0.497. The van der Waals surface area contributed by atoms with Crippen LogP contribution in [0.25, 0.3) is 0 Å². The fraction of sp³-hybridized carbons (Fsp3) is 0.588. The maximum atomic E-state index is 12.4. The molecule has 0 unspecified atom stereocenters. The van der Waals surface area contributed by atoms with Crippen LogP contribution in [-0.4, -0.2) is 68.7 Å². The van der Waals surface area contributed by atoms with Crippen LogP contribution in [0.4, 0.5) is 0 Å². The molecule has 1 aliphatic rings. The zero-order valence-corrected chi connectivity index (χ0v) is 17.5. The zero-order valence-electron chi connectivity index (χ0n) is 15.1. The van der Waals surface area contributed by atoms with Crippen LogP contribution >= 0.6 is 23.4 Å². The lowest BCUT2D eigenvalue weighted by Gasteiger charge is -2.25. The van der Waals surface area contributed by atoms with Gasteiger partial charge < -0.3 is 10.6 Å². The summed E-state index contributed by atoms with van der Waals surface area (Å²) in [6.45, 7) is 4.82.